The minimum Gasteiger partial charge on any atom is -0.481 e. The number of hydrogen-bond donors (Lipinski definition) is 2. The number of amides is 1. The Morgan fingerprint density at radius 2 is 1.75 bits per heavy atom. The van der Waals surface area contributed by atoms with Gasteiger partial charge in [0.2, 0.25) is 0 Å². The number of rotatable bonds is 6. The highest BCUT2D eigenvalue weighted by Crippen LogP contribution is 2.22. The summed E-state index contributed by atoms with van der Waals surface area (Å²) in [5, 5.41) is 12.1. The fraction of sp³-hybridized carbons (Fsp3) is 0.174. The Hall–Kier alpha value is -3.47. The summed E-state index contributed by atoms with van der Waals surface area (Å²) in [5.74, 6) is -1.38. The smallest absolute Gasteiger partial charge is 0.305 e. The summed E-state index contributed by atoms with van der Waals surface area (Å²) < 4.78 is 0. The van der Waals surface area contributed by atoms with Gasteiger partial charge in [0.1, 0.15) is 5.69 Å². The Labute approximate surface area is 164 Å². The van der Waals surface area contributed by atoms with Crippen molar-refractivity contribution in [3.63, 3.8) is 0 Å². The van der Waals surface area contributed by atoms with E-state index in [-0.39, 0.29) is 12.1 Å². The molecule has 0 radical (unpaired) electrons. The summed E-state index contributed by atoms with van der Waals surface area (Å²) >= 11 is 0. The molecular formula is C23H22N2O3. The standard InChI is InChI=1S/C23H22N2O3/c1-15-7-5-9-17(13-15)19-11-6-12-20(24-19)23(28)25-21(14-22(26)27)18-10-4-3-8-16(18)2/h3-13,21H,14H2,1-2H3,(H,25,28)(H,26,27)/t21-/m0/s1. The lowest BCUT2D eigenvalue weighted by atomic mass is 9.98. The molecule has 0 fully saturated rings. The molecule has 142 valence electrons. The maximum atomic E-state index is 12.8. The third-order valence-electron chi connectivity index (χ3n) is 4.54. The topological polar surface area (TPSA) is 79.3 Å². The van der Waals surface area contributed by atoms with E-state index in [1.54, 1.807) is 12.1 Å². The number of pyridine rings is 1. The molecule has 1 atom stereocenters. The summed E-state index contributed by atoms with van der Waals surface area (Å²) in [6.45, 7) is 3.89. The van der Waals surface area contributed by atoms with E-state index in [9.17, 15) is 14.7 Å². The molecule has 0 aliphatic heterocycles. The van der Waals surface area contributed by atoms with Crippen molar-refractivity contribution >= 4 is 11.9 Å². The Balaban J connectivity index is 1.87. The van der Waals surface area contributed by atoms with E-state index < -0.39 is 17.9 Å². The van der Waals surface area contributed by atoms with Crippen LogP contribution < -0.4 is 5.32 Å². The molecule has 0 aliphatic carbocycles. The van der Waals surface area contributed by atoms with Crippen LogP contribution in [0.25, 0.3) is 11.3 Å². The van der Waals surface area contributed by atoms with Gasteiger partial charge in [0.15, 0.2) is 0 Å². The van der Waals surface area contributed by atoms with Crippen LogP contribution in [0.2, 0.25) is 0 Å². The Morgan fingerprint density at radius 1 is 1.00 bits per heavy atom. The largest absolute Gasteiger partial charge is 0.481 e. The quantitative estimate of drug-likeness (QED) is 0.674. The molecule has 0 saturated carbocycles. The molecule has 5 heteroatoms. The van der Waals surface area contributed by atoms with Gasteiger partial charge in [-0.05, 0) is 43.2 Å². The van der Waals surface area contributed by atoms with E-state index in [0.29, 0.717) is 5.69 Å². The maximum Gasteiger partial charge on any atom is 0.305 e. The number of aryl methyl sites for hydroxylation is 2. The molecule has 0 bridgehead atoms. The Kier molecular flexibility index (Phi) is 5.84. The van der Waals surface area contributed by atoms with E-state index in [0.717, 1.165) is 22.3 Å². The van der Waals surface area contributed by atoms with Crippen molar-refractivity contribution < 1.29 is 14.7 Å². The first kappa shape index (κ1) is 19.3. The average molecular weight is 374 g/mol. The van der Waals surface area contributed by atoms with Gasteiger partial charge in [-0.2, -0.15) is 0 Å². The zero-order chi connectivity index (χ0) is 20.1. The first-order valence-corrected chi connectivity index (χ1v) is 9.06. The molecule has 0 spiro atoms. The molecule has 0 aliphatic rings. The van der Waals surface area contributed by atoms with Gasteiger partial charge in [-0.25, -0.2) is 4.98 Å². The SMILES string of the molecule is Cc1cccc(-c2cccc(C(=O)N[C@@H](CC(=O)O)c3ccccc3C)n2)c1. The van der Waals surface area contributed by atoms with Crippen LogP contribution in [0.3, 0.4) is 0 Å². The molecule has 2 aromatic carbocycles. The molecule has 1 amide bonds. The highest BCUT2D eigenvalue weighted by atomic mass is 16.4. The number of carboxylic acids is 1. The number of hydrogen-bond acceptors (Lipinski definition) is 3. The summed E-state index contributed by atoms with van der Waals surface area (Å²) in [4.78, 5) is 28.6. The predicted octanol–water partition coefficient (Wildman–Crippen LogP) is 4.31. The third-order valence-corrected chi connectivity index (χ3v) is 4.54. The number of nitrogens with zero attached hydrogens (tertiary/aromatic N) is 1. The van der Waals surface area contributed by atoms with Gasteiger partial charge in [-0.3, -0.25) is 9.59 Å². The number of carboxylic acid groups (broad SMARTS) is 1. The average Bonchev–Trinajstić information content (AvgIpc) is 2.67. The second-order valence-corrected chi connectivity index (χ2v) is 6.76. The van der Waals surface area contributed by atoms with Crippen LogP contribution in [0.5, 0.6) is 0 Å². The second kappa shape index (κ2) is 8.48. The summed E-state index contributed by atoms with van der Waals surface area (Å²) in [6.07, 6.45) is -0.200. The molecule has 3 rings (SSSR count). The fourth-order valence-corrected chi connectivity index (χ4v) is 3.15. The van der Waals surface area contributed by atoms with Gasteiger partial charge in [0.25, 0.3) is 5.91 Å². The van der Waals surface area contributed by atoms with Crippen molar-refractivity contribution in [3.05, 3.63) is 89.1 Å². The zero-order valence-corrected chi connectivity index (χ0v) is 15.8. The normalized spacial score (nSPS) is 11.6. The van der Waals surface area contributed by atoms with Crippen molar-refractivity contribution in [2.75, 3.05) is 0 Å². The highest BCUT2D eigenvalue weighted by Gasteiger charge is 2.21. The van der Waals surface area contributed by atoms with Crippen LogP contribution >= 0.6 is 0 Å². The van der Waals surface area contributed by atoms with Gasteiger partial charge in [-0.1, -0.05) is 54.1 Å². The van der Waals surface area contributed by atoms with Crippen LogP contribution in [0.4, 0.5) is 0 Å². The van der Waals surface area contributed by atoms with Crippen LogP contribution in [0.15, 0.2) is 66.7 Å². The molecule has 2 N–H and O–H groups in total. The van der Waals surface area contributed by atoms with Crippen molar-refractivity contribution in [2.24, 2.45) is 0 Å². The van der Waals surface area contributed by atoms with Crippen molar-refractivity contribution in [2.45, 2.75) is 26.3 Å². The number of nitrogens with one attached hydrogen (secondary N) is 1. The number of carbonyl (C=O) groups is 2. The molecule has 0 unspecified atom stereocenters. The minimum absolute atomic E-state index is 0.200. The number of benzene rings is 2. The van der Waals surface area contributed by atoms with Gasteiger partial charge in [0.05, 0.1) is 18.2 Å². The first-order chi connectivity index (χ1) is 13.4. The van der Waals surface area contributed by atoms with Crippen LogP contribution in [-0.2, 0) is 4.79 Å². The first-order valence-electron chi connectivity index (χ1n) is 9.06. The van der Waals surface area contributed by atoms with Crippen molar-refractivity contribution in [1.82, 2.24) is 10.3 Å². The van der Waals surface area contributed by atoms with E-state index in [4.69, 9.17) is 0 Å². The zero-order valence-electron chi connectivity index (χ0n) is 15.8. The van der Waals surface area contributed by atoms with Crippen LogP contribution in [0, 0.1) is 13.8 Å². The third kappa shape index (κ3) is 4.62. The molecule has 0 saturated heterocycles. The summed E-state index contributed by atoms with van der Waals surface area (Å²) in [5.41, 5.74) is 4.69. The molecule has 1 aromatic heterocycles. The monoisotopic (exact) mass is 374 g/mol. The van der Waals surface area contributed by atoms with Crippen molar-refractivity contribution in [3.8, 4) is 11.3 Å². The minimum atomic E-state index is -0.977. The Morgan fingerprint density at radius 3 is 2.46 bits per heavy atom. The van der Waals surface area contributed by atoms with Crippen LogP contribution in [-0.4, -0.2) is 22.0 Å². The summed E-state index contributed by atoms with van der Waals surface area (Å²) in [6, 6.07) is 20.0. The van der Waals surface area contributed by atoms with E-state index in [1.165, 1.54) is 0 Å². The Bertz CT molecular complexity index is 1010. The molecule has 3 aromatic rings. The second-order valence-electron chi connectivity index (χ2n) is 6.76. The lowest BCUT2D eigenvalue weighted by molar-refractivity contribution is -0.137. The molecule has 1 heterocycles. The fourth-order valence-electron chi connectivity index (χ4n) is 3.15. The number of aliphatic carboxylic acids is 1. The van der Waals surface area contributed by atoms with Crippen LogP contribution in [0.1, 0.15) is 39.6 Å². The summed E-state index contributed by atoms with van der Waals surface area (Å²) in [7, 11) is 0. The molecule has 28 heavy (non-hydrogen) atoms. The van der Waals surface area contributed by atoms with Gasteiger partial charge in [-0.15, -0.1) is 0 Å². The highest BCUT2D eigenvalue weighted by molar-refractivity contribution is 5.93. The maximum absolute atomic E-state index is 12.8. The number of aromatic nitrogens is 1. The number of carbonyl (C=O) groups excluding carboxylic acids is 1. The lowest BCUT2D eigenvalue weighted by Crippen LogP contribution is -2.31. The predicted molar refractivity (Wildman–Crippen MR) is 108 cm³/mol. The van der Waals surface area contributed by atoms with Crippen molar-refractivity contribution in [1.29, 1.82) is 0 Å². The van der Waals surface area contributed by atoms with Gasteiger partial charge in [0, 0.05) is 5.56 Å². The lowest BCUT2D eigenvalue weighted by Gasteiger charge is -2.19. The van der Waals surface area contributed by atoms with E-state index >= 15 is 0 Å². The van der Waals surface area contributed by atoms with Gasteiger partial charge >= 0.3 is 5.97 Å². The van der Waals surface area contributed by atoms with Gasteiger partial charge < -0.3 is 10.4 Å². The molecule has 5 nitrogen and oxygen atoms in total. The van der Waals surface area contributed by atoms with E-state index in [1.807, 2.05) is 68.4 Å². The van der Waals surface area contributed by atoms with E-state index in [2.05, 4.69) is 10.3 Å². The molecular weight excluding hydrogens is 352 g/mol.